The first-order chi connectivity index (χ1) is 9.70. The number of nitrogens with zero attached hydrogens (tertiary/aromatic N) is 1. The van der Waals surface area contributed by atoms with Gasteiger partial charge in [-0.15, -0.1) is 0 Å². The first kappa shape index (κ1) is 14.9. The Morgan fingerprint density at radius 1 is 1.30 bits per heavy atom. The molecule has 2 unspecified atom stereocenters. The third-order valence-electron chi connectivity index (χ3n) is 4.09. The molecule has 1 fully saturated rings. The summed E-state index contributed by atoms with van der Waals surface area (Å²) in [5.41, 5.74) is 1.05. The molecule has 0 bridgehead atoms. The second-order valence-electron chi connectivity index (χ2n) is 5.46. The molecule has 1 heterocycles. The molecule has 2 atom stereocenters. The van der Waals surface area contributed by atoms with Crippen molar-refractivity contribution >= 4 is 5.97 Å². The predicted octanol–water partition coefficient (Wildman–Crippen LogP) is 1.67. The number of aromatic carboxylic acids is 1. The van der Waals surface area contributed by atoms with Gasteiger partial charge in [0, 0.05) is 19.3 Å². The monoisotopic (exact) mass is 278 g/mol. The van der Waals surface area contributed by atoms with Gasteiger partial charge in [-0.25, -0.2) is 4.79 Å². The van der Waals surface area contributed by atoms with Crippen LogP contribution in [0.25, 0.3) is 0 Å². The summed E-state index contributed by atoms with van der Waals surface area (Å²) in [5.74, 6) is -0.00404. The average molecular weight is 278 g/mol. The average Bonchev–Trinajstić information content (AvgIpc) is 2.48. The van der Waals surface area contributed by atoms with E-state index in [4.69, 9.17) is 5.11 Å². The zero-order chi connectivity index (χ0) is 14.4. The van der Waals surface area contributed by atoms with Crippen molar-refractivity contribution in [3.63, 3.8) is 0 Å². The van der Waals surface area contributed by atoms with Crippen LogP contribution in [-0.4, -0.2) is 34.3 Å². The summed E-state index contributed by atoms with van der Waals surface area (Å²) in [6.45, 7) is 1.79. The first-order valence-corrected chi connectivity index (χ1v) is 7.20. The Balaban J connectivity index is 1.78. The van der Waals surface area contributed by atoms with Crippen molar-refractivity contribution in [2.24, 2.45) is 11.8 Å². The fourth-order valence-electron chi connectivity index (χ4n) is 2.83. The third kappa shape index (κ3) is 4.02. The van der Waals surface area contributed by atoms with Gasteiger partial charge in [0.05, 0.1) is 11.3 Å². The van der Waals surface area contributed by atoms with Crippen molar-refractivity contribution in [1.29, 1.82) is 0 Å². The topological polar surface area (TPSA) is 82.5 Å². The highest BCUT2D eigenvalue weighted by molar-refractivity contribution is 5.87. The van der Waals surface area contributed by atoms with Crippen LogP contribution in [0, 0.1) is 11.8 Å². The van der Waals surface area contributed by atoms with Crippen LogP contribution in [-0.2, 0) is 6.54 Å². The van der Waals surface area contributed by atoms with Crippen molar-refractivity contribution in [2.45, 2.75) is 32.2 Å². The molecule has 1 aromatic heterocycles. The molecule has 110 valence electrons. The van der Waals surface area contributed by atoms with Gasteiger partial charge < -0.3 is 15.5 Å². The van der Waals surface area contributed by atoms with Crippen molar-refractivity contribution in [2.75, 3.05) is 13.2 Å². The molecule has 2 rings (SSSR count). The lowest BCUT2D eigenvalue weighted by molar-refractivity contribution is 0.0696. The van der Waals surface area contributed by atoms with E-state index in [0.29, 0.717) is 18.4 Å². The molecule has 0 spiro atoms. The fourth-order valence-corrected chi connectivity index (χ4v) is 2.83. The maximum absolute atomic E-state index is 10.7. The number of carboxylic acids is 1. The summed E-state index contributed by atoms with van der Waals surface area (Å²) in [5, 5.41) is 21.5. The van der Waals surface area contributed by atoms with Gasteiger partial charge in [-0.1, -0.05) is 12.8 Å². The maximum atomic E-state index is 10.7. The Kier molecular flexibility index (Phi) is 5.49. The number of aliphatic hydroxyl groups is 1. The van der Waals surface area contributed by atoms with Gasteiger partial charge in [0.1, 0.15) is 0 Å². The number of hydrogen-bond donors (Lipinski definition) is 3. The summed E-state index contributed by atoms with van der Waals surface area (Å²) in [7, 11) is 0. The summed E-state index contributed by atoms with van der Waals surface area (Å²) in [6, 6.07) is 3.31. The second kappa shape index (κ2) is 7.36. The minimum Gasteiger partial charge on any atom is -0.478 e. The van der Waals surface area contributed by atoms with Crippen LogP contribution in [0.5, 0.6) is 0 Å². The smallest absolute Gasteiger partial charge is 0.337 e. The van der Waals surface area contributed by atoms with Crippen LogP contribution in [0.2, 0.25) is 0 Å². The van der Waals surface area contributed by atoms with Crippen molar-refractivity contribution in [3.05, 3.63) is 29.6 Å². The minimum atomic E-state index is -0.954. The molecule has 0 radical (unpaired) electrons. The Hall–Kier alpha value is -1.46. The van der Waals surface area contributed by atoms with Gasteiger partial charge >= 0.3 is 5.97 Å². The molecular formula is C15H22N2O3. The standard InChI is InChI=1S/C15H22N2O3/c18-10-13-4-2-1-3-11(13)7-16-9-14-6-5-12(8-17-14)15(19)20/h5-6,8,11,13,16,18H,1-4,7,9-10H2,(H,19,20). The molecule has 1 aromatic rings. The van der Waals surface area contributed by atoms with E-state index in [1.54, 1.807) is 12.1 Å². The van der Waals surface area contributed by atoms with E-state index in [9.17, 15) is 9.90 Å². The largest absolute Gasteiger partial charge is 0.478 e. The lowest BCUT2D eigenvalue weighted by Gasteiger charge is -2.30. The highest BCUT2D eigenvalue weighted by Gasteiger charge is 2.23. The van der Waals surface area contributed by atoms with Crippen LogP contribution in [0.15, 0.2) is 18.3 Å². The van der Waals surface area contributed by atoms with Crippen LogP contribution >= 0.6 is 0 Å². The van der Waals surface area contributed by atoms with Crippen molar-refractivity contribution in [1.82, 2.24) is 10.3 Å². The quantitative estimate of drug-likeness (QED) is 0.737. The van der Waals surface area contributed by atoms with E-state index in [1.807, 2.05) is 0 Å². The normalized spacial score (nSPS) is 22.6. The van der Waals surface area contributed by atoms with Crippen LogP contribution in [0.1, 0.15) is 41.7 Å². The number of rotatable bonds is 6. The molecule has 3 N–H and O–H groups in total. The fraction of sp³-hybridized carbons (Fsp3) is 0.600. The van der Waals surface area contributed by atoms with Gasteiger partial charge in [-0.2, -0.15) is 0 Å². The Morgan fingerprint density at radius 2 is 2.05 bits per heavy atom. The lowest BCUT2D eigenvalue weighted by atomic mass is 9.79. The molecule has 1 aliphatic rings. The van der Waals surface area contributed by atoms with Crippen LogP contribution < -0.4 is 5.32 Å². The predicted molar refractivity (Wildman–Crippen MR) is 75.4 cm³/mol. The molecule has 5 heteroatoms. The molecule has 0 aliphatic heterocycles. The Labute approximate surface area is 119 Å². The third-order valence-corrected chi connectivity index (χ3v) is 4.09. The van der Waals surface area contributed by atoms with E-state index in [0.717, 1.165) is 18.7 Å². The first-order valence-electron chi connectivity index (χ1n) is 7.20. The number of aromatic nitrogens is 1. The highest BCUT2D eigenvalue weighted by atomic mass is 16.4. The zero-order valence-corrected chi connectivity index (χ0v) is 11.6. The van der Waals surface area contributed by atoms with Gasteiger partial charge in [-0.3, -0.25) is 4.98 Å². The van der Waals surface area contributed by atoms with E-state index in [1.165, 1.54) is 25.5 Å². The van der Waals surface area contributed by atoms with Crippen LogP contribution in [0.3, 0.4) is 0 Å². The van der Waals surface area contributed by atoms with Gasteiger partial charge in [-0.05, 0) is 43.4 Å². The van der Waals surface area contributed by atoms with E-state index in [-0.39, 0.29) is 12.2 Å². The molecule has 0 saturated heterocycles. The minimum absolute atomic E-state index is 0.210. The van der Waals surface area contributed by atoms with Gasteiger partial charge in [0.15, 0.2) is 0 Å². The Morgan fingerprint density at radius 3 is 2.65 bits per heavy atom. The van der Waals surface area contributed by atoms with Crippen molar-refractivity contribution < 1.29 is 15.0 Å². The van der Waals surface area contributed by atoms with Gasteiger partial charge in [0.2, 0.25) is 0 Å². The van der Waals surface area contributed by atoms with Crippen LogP contribution in [0.4, 0.5) is 0 Å². The van der Waals surface area contributed by atoms with E-state index in [2.05, 4.69) is 10.3 Å². The van der Waals surface area contributed by atoms with E-state index >= 15 is 0 Å². The number of aliphatic hydroxyl groups excluding tert-OH is 1. The number of hydrogen-bond acceptors (Lipinski definition) is 4. The summed E-state index contributed by atoms with van der Waals surface area (Å²) < 4.78 is 0. The molecule has 1 saturated carbocycles. The number of carbonyl (C=O) groups is 1. The Bertz CT molecular complexity index is 433. The summed E-state index contributed by atoms with van der Waals surface area (Å²) in [6.07, 6.45) is 6.14. The molecule has 0 amide bonds. The zero-order valence-electron chi connectivity index (χ0n) is 11.6. The number of nitrogens with one attached hydrogen (secondary N) is 1. The summed E-state index contributed by atoms with van der Waals surface area (Å²) in [4.78, 5) is 14.9. The number of pyridine rings is 1. The number of carboxylic acid groups (broad SMARTS) is 1. The highest BCUT2D eigenvalue weighted by Crippen LogP contribution is 2.29. The van der Waals surface area contributed by atoms with E-state index < -0.39 is 5.97 Å². The molecule has 0 aromatic carbocycles. The maximum Gasteiger partial charge on any atom is 0.337 e. The lowest BCUT2D eigenvalue weighted by Crippen LogP contribution is -2.32. The second-order valence-corrected chi connectivity index (χ2v) is 5.46. The molecule has 20 heavy (non-hydrogen) atoms. The van der Waals surface area contributed by atoms with Gasteiger partial charge in [0.25, 0.3) is 0 Å². The molecule has 1 aliphatic carbocycles. The molecular weight excluding hydrogens is 256 g/mol. The molecule has 5 nitrogen and oxygen atoms in total. The summed E-state index contributed by atoms with van der Waals surface area (Å²) >= 11 is 0. The SMILES string of the molecule is O=C(O)c1ccc(CNCC2CCCCC2CO)nc1. The van der Waals surface area contributed by atoms with Crippen molar-refractivity contribution in [3.8, 4) is 0 Å².